The molecule has 1 N–H and O–H groups in total. The number of carbonyl (C=O) groups excluding carboxylic acids is 1. The number of nitrogens with one attached hydrogen (secondary N) is 1. The van der Waals surface area contributed by atoms with Gasteiger partial charge in [0.05, 0.1) is 0 Å². The summed E-state index contributed by atoms with van der Waals surface area (Å²) >= 11 is 1.13. The molecule has 0 aliphatic heterocycles. The lowest BCUT2D eigenvalue weighted by molar-refractivity contribution is 0.102. The van der Waals surface area contributed by atoms with Crippen LogP contribution in [0.3, 0.4) is 0 Å². The third-order valence-electron chi connectivity index (χ3n) is 3.80. The molecule has 8 nitrogen and oxygen atoms in total. The first-order valence-corrected chi connectivity index (χ1v) is 9.12. The summed E-state index contributed by atoms with van der Waals surface area (Å²) in [6.07, 6.45) is 0. The second kappa shape index (κ2) is 7.61. The molecule has 0 fully saturated rings. The summed E-state index contributed by atoms with van der Waals surface area (Å²) in [5, 5.41) is 23.7. The first kappa shape index (κ1) is 17.9. The lowest BCUT2D eigenvalue weighted by atomic mass is 10.1. The minimum Gasteiger partial charge on any atom is -0.320 e. The Labute approximate surface area is 163 Å². The third-order valence-corrected chi connectivity index (χ3v) is 4.71. The number of tetrazole rings is 1. The largest absolute Gasteiger partial charge is 0.320 e. The zero-order valence-corrected chi connectivity index (χ0v) is 15.5. The van der Waals surface area contributed by atoms with Gasteiger partial charge in [0.15, 0.2) is 0 Å². The Balaban J connectivity index is 1.42. The predicted octanol–water partition coefficient (Wildman–Crippen LogP) is 2.94. The average Bonchev–Trinajstić information content (AvgIpc) is 3.34. The van der Waals surface area contributed by atoms with Crippen LogP contribution in [0.4, 0.5) is 10.1 Å². The Bertz CT molecular complexity index is 1110. The summed E-state index contributed by atoms with van der Waals surface area (Å²) < 4.78 is 12.9. The van der Waals surface area contributed by atoms with E-state index in [0.717, 1.165) is 22.5 Å². The number of benzene rings is 2. The van der Waals surface area contributed by atoms with Gasteiger partial charge in [-0.15, -0.1) is 20.4 Å². The molecule has 0 radical (unpaired) electrons. The fourth-order valence-electron chi connectivity index (χ4n) is 2.38. The summed E-state index contributed by atoms with van der Waals surface area (Å²) in [6, 6.07) is 13.3. The minimum atomic E-state index is -0.415. The summed E-state index contributed by atoms with van der Waals surface area (Å²) in [6.45, 7) is 2.26. The normalized spacial score (nSPS) is 10.8. The van der Waals surface area contributed by atoms with Crippen LogP contribution in [-0.2, 0) is 6.54 Å². The molecule has 10 heteroatoms. The monoisotopic (exact) mass is 395 g/mol. The first-order valence-electron chi connectivity index (χ1n) is 8.31. The van der Waals surface area contributed by atoms with E-state index in [1.165, 1.54) is 29.1 Å². The van der Waals surface area contributed by atoms with Crippen molar-refractivity contribution in [1.82, 2.24) is 30.4 Å². The van der Waals surface area contributed by atoms with E-state index in [1.54, 1.807) is 0 Å². The first-order chi connectivity index (χ1) is 13.6. The van der Waals surface area contributed by atoms with Gasteiger partial charge in [-0.1, -0.05) is 41.2 Å². The number of halogens is 1. The van der Waals surface area contributed by atoms with Gasteiger partial charge < -0.3 is 5.32 Å². The summed E-state index contributed by atoms with van der Waals surface area (Å²) in [5.74, 6) is -0.275. The molecule has 0 spiro atoms. The number of rotatable bonds is 5. The second-order valence-electron chi connectivity index (χ2n) is 5.97. The van der Waals surface area contributed by atoms with Crippen LogP contribution in [0.1, 0.15) is 20.4 Å². The molecule has 0 aliphatic rings. The Morgan fingerprint density at radius 2 is 1.82 bits per heavy atom. The molecule has 0 unspecified atom stereocenters. The molecule has 2 aromatic heterocycles. The number of nitrogens with zero attached hydrogens (tertiary/aromatic N) is 6. The summed E-state index contributed by atoms with van der Waals surface area (Å²) in [4.78, 5) is 13.6. The molecule has 28 heavy (non-hydrogen) atoms. The smallest absolute Gasteiger partial charge is 0.286 e. The Morgan fingerprint density at radius 1 is 1.07 bits per heavy atom. The zero-order chi connectivity index (χ0) is 19.5. The average molecular weight is 395 g/mol. The fraction of sp³-hybridized carbons (Fsp3) is 0.111. The van der Waals surface area contributed by atoms with Crippen molar-refractivity contribution >= 4 is 22.9 Å². The second-order valence-corrected chi connectivity index (χ2v) is 7.03. The van der Waals surface area contributed by atoms with Crippen molar-refractivity contribution < 1.29 is 9.18 Å². The maximum Gasteiger partial charge on any atom is 0.286 e. The van der Waals surface area contributed by atoms with Crippen molar-refractivity contribution in [2.75, 3.05) is 5.32 Å². The maximum atomic E-state index is 12.9. The Kier molecular flexibility index (Phi) is 4.85. The van der Waals surface area contributed by atoms with Crippen LogP contribution in [0, 0.1) is 12.7 Å². The number of amides is 1. The van der Waals surface area contributed by atoms with Crippen molar-refractivity contribution in [2.24, 2.45) is 0 Å². The van der Waals surface area contributed by atoms with Gasteiger partial charge in [-0.2, -0.15) is 4.80 Å². The number of carbonyl (C=O) groups is 1. The van der Waals surface area contributed by atoms with Crippen molar-refractivity contribution in [3.63, 3.8) is 0 Å². The fourth-order valence-corrected chi connectivity index (χ4v) is 3.09. The van der Waals surface area contributed by atoms with Crippen molar-refractivity contribution in [3.8, 4) is 11.4 Å². The number of hydrogen-bond donors (Lipinski definition) is 1. The van der Waals surface area contributed by atoms with Gasteiger partial charge in [-0.05, 0) is 36.4 Å². The van der Waals surface area contributed by atoms with E-state index in [0.29, 0.717) is 16.5 Å². The molecule has 2 heterocycles. The van der Waals surface area contributed by atoms with Gasteiger partial charge in [0.1, 0.15) is 17.4 Å². The van der Waals surface area contributed by atoms with Crippen LogP contribution >= 0.6 is 11.3 Å². The van der Waals surface area contributed by atoms with Crippen molar-refractivity contribution in [3.05, 3.63) is 69.9 Å². The highest BCUT2D eigenvalue weighted by molar-refractivity contribution is 7.13. The molecular weight excluding hydrogens is 381 g/mol. The molecule has 0 atom stereocenters. The topological polar surface area (TPSA) is 98.5 Å². The van der Waals surface area contributed by atoms with Gasteiger partial charge in [0.25, 0.3) is 5.91 Å². The molecule has 0 saturated carbocycles. The lowest BCUT2D eigenvalue weighted by Gasteiger charge is -2.01. The minimum absolute atomic E-state index is 0.193. The van der Waals surface area contributed by atoms with Crippen LogP contribution in [0.15, 0.2) is 48.5 Å². The third kappa shape index (κ3) is 4.07. The molecule has 1 amide bonds. The highest BCUT2D eigenvalue weighted by Crippen LogP contribution is 2.16. The molecule has 4 aromatic rings. The molecule has 0 bridgehead atoms. The van der Waals surface area contributed by atoms with E-state index >= 15 is 0 Å². The number of hydrogen-bond acceptors (Lipinski definition) is 7. The molecular formula is C18H14FN7OS. The van der Waals surface area contributed by atoms with Crippen LogP contribution < -0.4 is 5.32 Å². The molecule has 0 aliphatic carbocycles. The lowest BCUT2D eigenvalue weighted by Crippen LogP contribution is -2.11. The van der Waals surface area contributed by atoms with Crippen LogP contribution in [-0.4, -0.2) is 36.3 Å². The molecule has 0 saturated heterocycles. The van der Waals surface area contributed by atoms with Gasteiger partial charge in [-0.25, -0.2) is 4.39 Å². The molecule has 2 aromatic carbocycles. The Morgan fingerprint density at radius 3 is 2.57 bits per heavy atom. The maximum absolute atomic E-state index is 12.9. The number of anilines is 1. The van der Waals surface area contributed by atoms with Gasteiger partial charge in [0, 0.05) is 11.3 Å². The zero-order valence-electron chi connectivity index (χ0n) is 14.7. The number of aromatic nitrogens is 6. The standard InChI is InChI=1S/C18H14FN7OS/c1-11-2-4-12(5-3-11)16-22-25-26(24-16)10-15-21-23-18(28-15)17(27)20-14-8-6-13(19)7-9-14/h2-9H,10H2,1H3,(H,20,27). The van der Waals surface area contributed by atoms with Gasteiger partial charge >= 0.3 is 0 Å². The van der Waals surface area contributed by atoms with Crippen LogP contribution in [0.5, 0.6) is 0 Å². The predicted molar refractivity (Wildman–Crippen MR) is 101 cm³/mol. The van der Waals surface area contributed by atoms with Crippen LogP contribution in [0.25, 0.3) is 11.4 Å². The number of aryl methyl sites for hydroxylation is 1. The Hall–Kier alpha value is -3.53. The van der Waals surface area contributed by atoms with Crippen LogP contribution in [0.2, 0.25) is 0 Å². The van der Waals surface area contributed by atoms with E-state index in [2.05, 4.69) is 30.9 Å². The van der Waals surface area contributed by atoms with E-state index < -0.39 is 5.91 Å². The highest BCUT2D eigenvalue weighted by atomic mass is 32.1. The van der Waals surface area contributed by atoms with E-state index in [4.69, 9.17) is 0 Å². The molecule has 140 valence electrons. The summed E-state index contributed by atoms with van der Waals surface area (Å²) in [5.41, 5.74) is 2.49. The summed E-state index contributed by atoms with van der Waals surface area (Å²) in [7, 11) is 0. The van der Waals surface area contributed by atoms with Crippen molar-refractivity contribution in [2.45, 2.75) is 13.5 Å². The SMILES string of the molecule is Cc1ccc(-c2nnn(Cc3nnc(C(=O)Nc4ccc(F)cc4)s3)n2)cc1. The van der Waals surface area contributed by atoms with Crippen molar-refractivity contribution in [1.29, 1.82) is 0 Å². The van der Waals surface area contributed by atoms with E-state index in [1.807, 2.05) is 31.2 Å². The van der Waals surface area contributed by atoms with Gasteiger partial charge in [-0.3, -0.25) is 4.79 Å². The van der Waals surface area contributed by atoms with E-state index in [-0.39, 0.29) is 17.4 Å². The van der Waals surface area contributed by atoms with E-state index in [9.17, 15) is 9.18 Å². The van der Waals surface area contributed by atoms with Gasteiger partial charge in [0.2, 0.25) is 10.8 Å². The highest BCUT2D eigenvalue weighted by Gasteiger charge is 2.15. The quantitative estimate of drug-likeness (QED) is 0.558. The molecule has 4 rings (SSSR count).